The van der Waals surface area contributed by atoms with Crippen molar-refractivity contribution in [2.75, 3.05) is 13.2 Å². The molecule has 0 spiro atoms. The van der Waals surface area contributed by atoms with Gasteiger partial charge in [-0.1, -0.05) is 54.1 Å². The van der Waals surface area contributed by atoms with Crippen LogP contribution in [-0.2, 0) is 11.4 Å². The molecule has 2 N–H and O–H groups in total. The number of fused-ring (bicyclic) bond motifs is 1. The molecule has 1 heterocycles. The first kappa shape index (κ1) is 29.4. The third-order valence-corrected chi connectivity index (χ3v) is 7.02. The van der Waals surface area contributed by atoms with E-state index in [0.717, 1.165) is 16.7 Å². The van der Waals surface area contributed by atoms with Crippen molar-refractivity contribution in [2.45, 2.75) is 26.4 Å². The van der Waals surface area contributed by atoms with Crippen LogP contribution in [0, 0.1) is 18.3 Å². The average Bonchev–Trinajstić information content (AvgIpc) is 3.00. The predicted molar refractivity (Wildman–Crippen MR) is 161 cm³/mol. The van der Waals surface area contributed by atoms with E-state index in [-0.39, 0.29) is 23.8 Å². The molecule has 0 bridgehead atoms. The molecule has 4 aromatic rings. The molecule has 0 radical (unpaired) electrons. The third kappa shape index (κ3) is 6.85. The lowest BCUT2D eigenvalue weighted by atomic mass is 9.83. The first-order valence-electron chi connectivity index (χ1n) is 13.6. The summed E-state index contributed by atoms with van der Waals surface area (Å²) in [4.78, 5) is 12.5. The summed E-state index contributed by atoms with van der Waals surface area (Å²) in [6.45, 7) is 4.25. The van der Waals surface area contributed by atoms with E-state index in [0.29, 0.717) is 46.8 Å². The standard InChI is InChI=1S/C34H29ClN2O6/c1-3-39-31-16-23(10-15-29(31)40-19-22-8-11-24(35)12-9-22)33-26-14-13-25(17-30(26)43-34(37)27(33)18-36)42-32(38)20-41-28-7-5-4-6-21(28)2/h4-17,33H,3,19-20,37H2,1-2H3. The van der Waals surface area contributed by atoms with Crippen molar-refractivity contribution in [1.82, 2.24) is 0 Å². The Balaban J connectivity index is 1.37. The molecule has 218 valence electrons. The monoisotopic (exact) mass is 596 g/mol. The van der Waals surface area contributed by atoms with Gasteiger partial charge in [0.15, 0.2) is 18.1 Å². The maximum atomic E-state index is 12.5. The molecule has 4 aromatic carbocycles. The second-order valence-corrected chi connectivity index (χ2v) is 10.1. The van der Waals surface area contributed by atoms with Crippen molar-refractivity contribution in [1.29, 1.82) is 5.26 Å². The van der Waals surface area contributed by atoms with Crippen LogP contribution in [0.2, 0.25) is 5.02 Å². The highest BCUT2D eigenvalue weighted by molar-refractivity contribution is 6.30. The van der Waals surface area contributed by atoms with Gasteiger partial charge in [-0.05, 0) is 66.9 Å². The van der Waals surface area contributed by atoms with Crippen LogP contribution in [0.25, 0.3) is 0 Å². The van der Waals surface area contributed by atoms with Crippen LogP contribution in [0.15, 0.2) is 96.4 Å². The van der Waals surface area contributed by atoms with Crippen LogP contribution in [0.5, 0.6) is 28.7 Å². The third-order valence-electron chi connectivity index (χ3n) is 6.77. The van der Waals surface area contributed by atoms with Crippen molar-refractivity contribution in [3.8, 4) is 34.8 Å². The molecule has 1 aliphatic heterocycles. The van der Waals surface area contributed by atoms with Crippen molar-refractivity contribution >= 4 is 17.6 Å². The van der Waals surface area contributed by atoms with Gasteiger partial charge in [0.2, 0.25) is 5.88 Å². The lowest BCUT2D eigenvalue weighted by molar-refractivity contribution is -0.136. The van der Waals surface area contributed by atoms with Crippen molar-refractivity contribution in [3.05, 3.63) is 124 Å². The lowest BCUT2D eigenvalue weighted by Gasteiger charge is -2.27. The Labute approximate surface area is 254 Å². The lowest BCUT2D eigenvalue weighted by Crippen LogP contribution is -2.22. The first-order chi connectivity index (χ1) is 20.9. The van der Waals surface area contributed by atoms with E-state index in [1.807, 2.05) is 56.3 Å². The van der Waals surface area contributed by atoms with Crippen molar-refractivity contribution < 1.29 is 28.5 Å². The SMILES string of the molecule is CCOc1cc(C2C(C#N)=C(N)Oc3cc(OC(=O)COc4ccccc4C)ccc32)ccc1OCc1ccc(Cl)cc1. The summed E-state index contributed by atoms with van der Waals surface area (Å²) in [6.07, 6.45) is 0. The number of halogens is 1. The number of rotatable bonds is 10. The number of ether oxygens (including phenoxy) is 5. The molecule has 0 saturated heterocycles. The maximum absolute atomic E-state index is 12.5. The Hall–Kier alpha value is -5.13. The van der Waals surface area contributed by atoms with E-state index in [9.17, 15) is 10.1 Å². The zero-order valence-electron chi connectivity index (χ0n) is 23.6. The minimum Gasteiger partial charge on any atom is -0.490 e. The number of nitrogens with two attached hydrogens (primary N) is 1. The molecular weight excluding hydrogens is 568 g/mol. The van der Waals surface area contributed by atoms with Crippen LogP contribution in [0.3, 0.4) is 0 Å². The van der Waals surface area contributed by atoms with Crippen LogP contribution in [0.4, 0.5) is 0 Å². The van der Waals surface area contributed by atoms with E-state index < -0.39 is 11.9 Å². The predicted octanol–water partition coefficient (Wildman–Crippen LogP) is 6.83. The number of carbonyl (C=O) groups excluding carboxylic acids is 1. The quantitative estimate of drug-likeness (QED) is 0.157. The summed E-state index contributed by atoms with van der Waals surface area (Å²) < 4.78 is 28.9. The van der Waals surface area contributed by atoms with E-state index in [1.165, 1.54) is 0 Å². The van der Waals surface area contributed by atoms with Gasteiger partial charge >= 0.3 is 5.97 Å². The zero-order chi connectivity index (χ0) is 30.3. The average molecular weight is 597 g/mol. The molecule has 0 saturated carbocycles. The number of benzene rings is 4. The summed E-state index contributed by atoms with van der Waals surface area (Å²) in [5.41, 5.74) is 9.75. The van der Waals surface area contributed by atoms with Crippen LogP contribution in [0.1, 0.15) is 35.1 Å². The summed E-state index contributed by atoms with van der Waals surface area (Å²) >= 11 is 5.99. The Morgan fingerprint density at radius 3 is 2.49 bits per heavy atom. The minimum absolute atomic E-state index is 0.0348. The van der Waals surface area contributed by atoms with Gasteiger partial charge in [0.1, 0.15) is 35.5 Å². The molecular formula is C34H29ClN2O6. The largest absolute Gasteiger partial charge is 0.490 e. The summed E-state index contributed by atoms with van der Waals surface area (Å²) in [5, 5.41) is 10.7. The molecule has 1 unspecified atom stereocenters. The van der Waals surface area contributed by atoms with Crippen LogP contribution >= 0.6 is 11.6 Å². The van der Waals surface area contributed by atoms with Gasteiger partial charge < -0.3 is 29.4 Å². The van der Waals surface area contributed by atoms with Crippen LogP contribution < -0.4 is 29.4 Å². The number of hydrogen-bond acceptors (Lipinski definition) is 8. The Morgan fingerprint density at radius 1 is 0.953 bits per heavy atom. The fraction of sp³-hybridized carbons (Fsp3) is 0.176. The topological polar surface area (TPSA) is 113 Å². The first-order valence-corrected chi connectivity index (χ1v) is 14.0. The van der Waals surface area contributed by atoms with Gasteiger partial charge in [-0.25, -0.2) is 4.79 Å². The van der Waals surface area contributed by atoms with Gasteiger partial charge in [0.25, 0.3) is 0 Å². The van der Waals surface area contributed by atoms with E-state index in [2.05, 4.69) is 6.07 Å². The molecule has 0 aliphatic carbocycles. The second kappa shape index (κ2) is 13.2. The second-order valence-electron chi connectivity index (χ2n) is 9.71. The molecule has 5 rings (SSSR count). The fourth-order valence-corrected chi connectivity index (χ4v) is 4.82. The van der Waals surface area contributed by atoms with Gasteiger partial charge in [0.05, 0.1) is 12.5 Å². The number of allylic oxidation sites excluding steroid dienone is 1. The highest BCUT2D eigenvalue weighted by Gasteiger charge is 2.32. The van der Waals surface area contributed by atoms with Crippen molar-refractivity contribution in [2.24, 2.45) is 5.73 Å². The highest BCUT2D eigenvalue weighted by atomic mass is 35.5. The highest BCUT2D eigenvalue weighted by Crippen LogP contribution is 2.45. The summed E-state index contributed by atoms with van der Waals surface area (Å²) in [5.74, 6) is 1.14. The Morgan fingerprint density at radius 2 is 1.74 bits per heavy atom. The van der Waals surface area contributed by atoms with Gasteiger partial charge in [0, 0.05) is 16.7 Å². The molecule has 0 amide bonds. The molecule has 1 aliphatic rings. The van der Waals surface area contributed by atoms with Gasteiger partial charge in [-0.3, -0.25) is 0 Å². The smallest absolute Gasteiger partial charge is 0.349 e. The van der Waals surface area contributed by atoms with Gasteiger partial charge in [-0.2, -0.15) is 5.26 Å². The number of hydrogen-bond donors (Lipinski definition) is 1. The van der Waals surface area contributed by atoms with E-state index in [4.69, 9.17) is 41.0 Å². The Kier molecular flexibility index (Phi) is 9.04. The zero-order valence-corrected chi connectivity index (χ0v) is 24.4. The van der Waals surface area contributed by atoms with E-state index >= 15 is 0 Å². The number of carbonyl (C=O) groups is 1. The maximum Gasteiger partial charge on any atom is 0.349 e. The molecule has 1 atom stereocenters. The number of para-hydroxylation sites is 1. The van der Waals surface area contributed by atoms with E-state index in [1.54, 1.807) is 42.5 Å². The molecule has 8 nitrogen and oxygen atoms in total. The van der Waals surface area contributed by atoms with Gasteiger partial charge in [-0.15, -0.1) is 0 Å². The minimum atomic E-state index is -0.577. The number of nitriles is 1. The summed E-state index contributed by atoms with van der Waals surface area (Å²) in [6, 6.07) is 27.5. The van der Waals surface area contributed by atoms with Crippen LogP contribution in [-0.4, -0.2) is 19.2 Å². The molecule has 0 aromatic heterocycles. The number of nitrogens with zero attached hydrogens (tertiary/aromatic N) is 1. The molecule has 43 heavy (non-hydrogen) atoms. The number of aryl methyl sites for hydroxylation is 1. The Bertz CT molecular complexity index is 1710. The molecule has 0 fully saturated rings. The van der Waals surface area contributed by atoms with Crippen molar-refractivity contribution in [3.63, 3.8) is 0 Å². The number of esters is 1. The normalized spacial score (nSPS) is 13.8. The fourth-order valence-electron chi connectivity index (χ4n) is 4.69. The summed E-state index contributed by atoms with van der Waals surface area (Å²) in [7, 11) is 0. The molecule has 9 heteroatoms.